The first-order chi connectivity index (χ1) is 13.6. The average molecular weight is 376 g/mol. The van der Waals surface area contributed by atoms with Crippen molar-refractivity contribution in [3.05, 3.63) is 89.5 Å². The summed E-state index contributed by atoms with van der Waals surface area (Å²) in [6, 6.07) is 22.9. The summed E-state index contributed by atoms with van der Waals surface area (Å²) >= 11 is 0. The molecule has 0 spiro atoms. The van der Waals surface area contributed by atoms with Crippen molar-refractivity contribution in [1.82, 2.24) is 0 Å². The Morgan fingerprint density at radius 1 is 1.00 bits per heavy atom. The van der Waals surface area contributed by atoms with Crippen molar-refractivity contribution in [1.29, 1.82) is 0 Å². The fourth-order valence-corrected chi connectivity index (χ4v) is 3.71. The lowest BCUT2D eigenvalue weighted by molar-refractivity contribution is -0.139. The Balaban J connectivity index is 1.72. The minimum atomic E-state index is -1.01. The third kappa shape index (κ3) is 3.64. The van der Waals surface area contributed by atoms with Crippen molar-refractivity contribution >= 4 is 5.97 Å². The Kier molecular flexibility index (Phi) is 4.89. The van der Waals surface area contributed by atoms with Crippen molar-refractivity contribution in [3.63, 3.8) is 0 Å². The van der Waals surface area contributed by atoms with Gasteiger partial charge in [0.05, 0.1) is 6.61 Å². The fraction of sp³-hybridized carbons (Fsp3) is 0.174. The molecule has 1 aliphatic heterocycles. The van der Waals surface area contributed by atoms with E-state index in [9.17, 15) is 9.90 Å². The summed E-state index contributed by atoms with van der Waals surface area (Å²) in [7, 11) is 0. The fourth-order valence-electron chi connectivity index (χ4n) is 3.71. The number of hydrogen-bond donors (Lipinski definition) is 2. The zero-order valence-corrected chi connectivity index (χ0v) is 15.1. The second-order valence-corrected chi connectivity index (χ2v) is 6.78. The highest BCUT2D eigenvalue weighted by molar-refractivity contribution is 5.68. The highest BCUT2D eigenvalue weighted by atomic mass is 16.5. The molecule has 2 N–H and O–H groups in total. The van der Waals surface area contributed by atoms with Gasteiger partial charge in [0.2, 0.25) is 0 Å². The predicted octanol–water partition coefficient (Wildman–Crippen LogP) is 4.16. The van der Waals surface area contributed by atoms with Crippen LogP contribution in [0.1, 0.15) is 28.5 Å². The molecule has 3 aromatic carbocycles. The van der Waals surface area contributed by atoms with Gasteiger partial charge in [-0.05, 0) is 29.3 Å². The van der Waals surface area contributed by atoms with E-state index in [0.29, 0.717) is 18.1 Å². The normalized spacial score (nSPS) is 18.0. The number of aliphatic carboxylic acids is 1. The Hall–Kier alpha value is -3.47. The van der Waals surface area contributed by atoms with Gasteiger partial charge in [-0.2, -0.15) is 0 Å². The van der Waals surface area contributed by atoms with Crippen LogP contribution in [0.25, 0.3) is 0 Å². The molecular formula is C23H20O5. The van der Waals surface area contributed by atoms with Gasteiger partial charge in [-0.1, -0.05) is 48.5 Å². The molecule has 0 aromatic heterocycles. The molecule has 3 aromatic rings. The van der Waals surface area contributed by atoms with Crippen LogP contribution >= 0.6 is 0 Å². The van der Waals surface area contributed by atoms with Gasteiger partial charge in [0.1, 0.15) is 17.2 Å². The Labute approximate surface area is 162 Å². The van der Waals surface area contributed by atoms with Crippen molar-refractivity contribution in [2.75, 3.05) is 13.2 Å². The number of fused-ring (bicyclic) bond motifs is 1. The van der Waals surface area contributed by atoms with E-state index in [0.717, 1.165) is 11.1 Å². The predicted molar refractivity (Wildman–Crippen MR) is 104 cm³/mol. The lowest BCUT2D eigenvalue weighted by Gasteiger charge is -2.34. The molecular weight excluding hydrogens is 356 g/mol. The summed E-state index contributed by atoms with van der Waals surface area (Å²) in [4.78, 5) is 10.7. The number of carboxylic acids is 1. The van der Waals surface area contributed by atoms with E-state index in [4.69, 9.17) is 14.6 Å². The molecule has 1 aliphatic rings. The van der Waals surface area contributed by atoms with Crippen molar-refractivity contribution in [2.45, 2.75) is 11.8 Å². The number of benzene rings is 3. The Bertz CT molecular complexity index is 966. The first kappa shape index (κ1) is 17.9. The second kappa shape index (κ2) is 7.64. The number of rotatable bonds is 5. The summed E-state index contributed by atoms with van der Waals surface area (Å²) < 4.78 is 11.2. The summed E-state index contributed by atoms with van der Waals surface area (Å²) in [6.07, 6.45) is 0. The van der Waals surface area contributed by atoms with Crippen LogP contribution in [-0.2, 0) is 4.79 Å². The number of phenols is 1. The molecule has 0 radical (unpaired) electrons. The number of carboxylic acid groups (broad SMARTS) is 1. The van der Waals surface area contributed by atoms with Crippen LogP contribution < -0.4 is 9.47 Å². The van der Waals surface area contributed by atoms with E-state index in [1.54, 1.807) is 24.3 Å². The second-order valence-electron chi connectivity index (χ2n) is 6.78. The Morgan fingerprint density at radius 2 is 1.75 bits per heavy atom. The van der Waals surface area contributed by atoms with E-state index in [2.05, 4.69) is 12.1 Å². The average Bonchev–Trinajstić information content (AvgIpc) is 2.72. The summed E-state index contributed by atoms with van der Waals surface area (Å²) in [5.41, 5.74) is 3.27. The number of phenolic OH excluding ortho intramolecular Hbond substituents is 1. The maximum Gasteiger partial charge on any atom is 0.341 e. The number of hydrogen-bond acceptors (Lipinski definition) is 4. The van der Waals surface area contributed by atoms with Crippen LogP contribution in [-0.4, -0.2) is 29.4 Å². The van der Waals surface area contributed by atoms with Gasteiger partial charge in [-0.25, -0.2) is 4.79 Å². The minimum Gasteiger partial charge on any atom is -0.508 e. The van der Waals surface area contributed by atoms with Crippen molar-refractivity contribution in [2.24, 2.45) is 0 Å². The van der Waals surface area contributed by atoms with E-state index >= 15 is 0 Å². The molecule has 0 saturated carbocycles. The maximum atomic E-state index is 10.7. The van der Waals surface area contributed by atoms with Crippen LogP contribution in [0.15, 0.2) is 72.8 Å². The molecule has 1 heterocycles. The quantitative estimate of drug-likeness (QED) is 0.699. The molecule has 5 heteroatoms. The largest absolute Gasteiger partial charge is 0.508 e. The maximum absolute atomic E-state index is 10.7. The molecule has 0 bridgehead atoms. The van der Waals surface area contributed by atoms with Crippen molar-refractivity contribution < 1.29 is 24.5 Å². The van der Waals surface area contributed by atoms with Crippen LogP contribution in [0.4, 0.5) is 0 Å². The number of aromatic hydroxyl groups is 1. The monoisotopic (exact) mass is 376 g/mol. The van der Waals surface area contributed by atoms with E-state index in [1.807, 2.05) is 36.4 Å². The molecule has 0 saturated heterocycles. The number of ether oxygens (including phenoxy) is 2. The number of carbonyl (C=O) groups is 1. The minimum absolute atomic E-state index is 0.0419. The molecule has 0 aliphatic carbocycles. The van der Waals surface area contributed by atoms with Crippen LogP contribution in [0.3, 0.4) is 0 Å². The first-order valence-electron chi connectivity index (χ1n) is 9.07. The summed E-state index contributed by atoms with van der Waals surface area (Å²) in [6.45, 7) is 0.133. The molecule has 28 heavy (non-hydrogen) atoms. The van der Waals surface area contributed by atoms with Gasteiger partial charge >= 0.3 is 5.97 Å². The van der Waals surface area contributed by atoms with Crippen molar-refractivity contribution in [3.8, 4) is 17.2 Å². The molecule has 5 nitrogen and oxygen atoms in total. The third-order valence-electron chi connectivity index (χ3n) is 4.98. The van der Waals surface area contributed by atoms with Crippen LogP contribution in [0, 0.1) is 0 Å². The van der Waals surface area contributed by atoms with Crippen LogP contribution in [0.5, 0.6) is 17.2 Å². The first-order valence-corrected chi connectivity index (χ1v) is 9.07. The summed E-state index contributed by atoms with van der Waals surface area (Å²) in [5, 5.41) is 18.6. The Morgan fingerprint density at radius 3 is 2.46 bits per heavy atom. The van der Waals surface area contributed by atoms with Gasteiger partial charge in [0, 0.05) is 23.5 Å². The van der Waals surface area contributed by atoms with E-state index in [1.165, 1.54) is 5.56 Å². The molecule has 2 atom stereocenters. The van der Waals surface area contributed by atoms with E-state index < -0.39 is 5.97 Å². The van der Waals surface area contributed by atoms with Gasteiger partial charge in [-0.15, -0.1) is 0 Å². The molecule has 1 unspecified atom stereocenters. The third-order valence-corrected chi connectivity index (χ3v) is 4.98. The molecule has 142 valence electrons. The lowest BCUT2D eigenvalue weighted by Crippen LogP contribution is -2.25. The molecule has 0 amide bonds. The molecule has 0 fully saturated rings. The zero-order valence-electron chi connectivity index (χ0n) is 15.1. The zero-order chi connectivity index (χ0) is 19.5. The van der Waals surface area contributed by atoms with Gasteiger partial charge in [-0.3, -0.25) is 0 Å². The van der Waals surface area contributed by atoms with Gasteiger partial charge in [0.15, 0.2) is 6.61 Å². The highest BCUT2D eigenvalue weighted by Crippen LogP contribution is 2.47. The highest BCUT2D eigenvalue weighted by Gasteiger charge is 2.33. The molecule has 4 rings (SSSR count). The summed E-state index contributed by atoms with van der Waals surface area (Å²) in [5.74, 6) is 0.521. The van der Waals surface area contributed by atoms with Crippen LogP contribution in [0.2, 0.25) is 0 Å². The van der Waals surface area contributed by atoms with Gasteiger partial charge < -0.3 is 19.7 Å². The topological polar surface area (TPSA) is 76.0 Å². The lowest BCUT2D eigenvalue weighted by atomic mass is 9.76. The SMILES string of the molecule is O=C(O)COc1ccc(C2c3ccc(O)cc3OC[C@@H]2c2ccccc2)cc1. The van der Waals surface area contributed by atoms with Gasteiger partial charge in [0.25, 0.3) is 0 Å². The standard InChI is InChI=1S/C23H20O5/c24-17-8-11-19-21(12-17)28-13-20(15-4-2-1-3-5-15)23(19)16-6-9-18(10-7-16)27-14-22(25)26/h1-12,20,23-24H,13-14H2,(H,25,26)/t20-,23?/m1/s1. The smallest absolute Gasteiger partial charge is 0.341 e. The van der Waals surface area contributed by atoms with E-state index in [-0.39, 0.29) is 24.2 Å².